The first-order valence-electron chi connectivity index (χ1n) is 6.22. The lowest BCUT2D eigenvalue weighted by atomic mass is 9.92. The van der Waals surface area contributed by atoms with Crippen molar-refractivity contribution in [2.24, 2.45) is 5.73 Å². The highest BCUT2D eigenvalue weighted by molar-refractivity contribution is 5.89. The van der Waals surface area contributed by atoms with Gasteiger partial charge in [0.1, 0.15) is 5.82 Å². The van der Waals surface area contributed by atoms with Crippen LogP contribution in [0.4, 0.5) is 14.9 Å². The maximum atomic E-state index is 12.9. The van der Waals surface area contributed by atoms with Crippen LogP contribution in [0.15, 0.2) is 24.3 Å². The minimum Gasteiger partial charge on any atom is -0.335 e. The van der Waals surface area contributed by atoms with Crippen LogP contribution in [0.5, 0.6) is 0 Å². The first-order chi connectivity index (χ1) is 8.63. The molecule has 0 atom stereocenters. The molecule has 0 unspecified atom stereocenters. The molecule has 1 aliphatic rings. The van der Waals surface area contributed by atoms with Crippen molar-refractivity contribution >= 4 is 11.7 Å². The number of hydrogen-bond acceptors (Lipinski definition) is 2. The monoisotopic (exact) mass is 251 g/mol. The molecule has 2 amide bonds. The van der Waals surface area contributed by atoms with Gasteiger partial charge in [-0.15, -0.1) is 0 Å². The van der Waals surface area contributed by atoms with Crippen LogP contribution in [0.1, 0.15) is 25.7 Å². The number of carbonyl (C=O) groups is 1. The Hall–Kier alpha value is -1.62. The van der Waals surface area contributed by atoms with Gasteiger partial charge in [-0.1, -0.05) is 6.07 Å². The highest BCUT2D eigenvalue weighted by Gasteiger charge is 2.19. The average Bonchev–Trinajstić information content (AvgIpc) is 2.32. The van der Waals surface area contributed by atoms with E-state index < -0.39 is 0 Å². The van der Waals surface area contributed by atoms with E-state index in [0.29, 0.717) is 5.69 Å². The molecular formula is C13H18FN3O. The summed E-state index contributed by atoms with van der Waals surface area (Å²) in [7, 11) is 0. The molecule has 4 nitrogen and oxygen atoms in total. The minimum atomic E-state index is -0.364. The second-order valence-corrected chi connectivity index (χ2v) is 4.72. The summed E-state index contributed by atoms with van der Waals surface area (Å²) in [6, 6.07) is 5.97. The molecule has 0 aliphatic heterocycles. The van der Waals surface area contributed by atoms with Gasteiger partial charge in [-0.3, -0.25) is 0 Å². The van der Waals surface area contributed by atoms with E-state index in [1.807, 2.05) is 0 Å². The highest BCUT2D eigenvalue weighted by Crippen LogP contribution is 2.17. The normalized spacial score (nSPS) is 23.4. The smallest absolute Gasteiger partial charge is 0.319 e. The van der Waals surface area contributed by atoms with Gasteiger partial charge in [0.25, 0.3) is 0 Å². The maximum Gasteiger partial charge on any atom is 0.319 e. The van der Waals surface area contributed by atoms with E-state index in [9.17, 15) is 9.18 Å². The quantitative estimate of drug-likeness (QED) is 0.754. The van der Waals surface area contributed by atoms with Gasteiger partial charge in [0.15, 0.2) is 0 Å². The van der Waals surface area contributed by atoms with E-state index in [1.54, 1.807) is 12.1 Å². The summed E-state index contributed by atoms with van der Waals surface area (Å²) < 4.78 is 12.9. The van der Waals surface area contributed by atoms with Crippen LogP contribution in [0.2, 0.25) is 0 Å². The summed E-state index contributed by atoms with van der Waals surface area (Å²) in [6.45, 7) is 0. The highest BCUT2D eigenvalue weighted by atomic mass is 19.1. The number of rotatable bonds is 2. The minimum absolute atomic E-state index is 0.165. The molecule has 0 bridgehead atoms. The van der Waals surface area contributed by atoms with Crippen molar-refractivity contribution in [3.8, 4) is 0 Å². The average molecular weight is 251 g/mol. The third-order valence-electron chi connectivity index (χ3n) is 3.19. The molecule has 0 saturated heterocycles. The van der Waals surface area contributed by atoms with Gasteiger partial charge in [0.2, 0.25) is 0 Å². The molecule has 1 aromatic rings. The van der Waals surface area contributed by atoms with Crippen molar-refractivity contribution in [1.29, 1.82) is 0 Å². The van der Waals surface area contributed by atoms with E-state index in [1.165, 1.54) is 12.1 Å². The zero-order valence-corrected chi connectivity index (χ0v) is 10.2. The molecule has 1 aromatic carbocycles. The molecular weight excluding hydrogens is 233 g/mol. The van der Waals surface area contributed by atoms with E-state index >= 15 is 0 Å². The Bertz CT molecular complexity index is 416. The SMILES string of the molecule is NC1CCC(NC(=O)Nc2cccc(F)c2)CC1. The Morgan fingerprint density at radius 1 is 1.28 bits per heavy atom. The lowest BCUT2D eigenvalue weighted by molar-refractivity contribution is 0.242. The Morgan fingerprint density at radius 2 is 2.00 bits per heavy atom. The van der Waals surface area contributed by atoms with Crippen LogP contribution < -0.4 is 16.4 Å². The van der Waals surface area contributed by atoms with Crippen molar-refractivity contribution in [3.05, 3.63) is 30.1 Å². The molecule has 1 fully saturated rings. The van der Waals surface area contributed by atoms with Crippen LogP contribution in [0.3, 0.4) is 0 Å². The van der Waals surface area contributed by atoms with Crippen LogP contribution >= 0.6 is 0 Å². The molecule has 4 N–H and O–H groups in total. The van der Waals surface area contributed by atoms with E-state index in [-0.39, 0.29) is 23.9 Å². The second-order valence-electron chi connectivity index (χ2n) is 4.72. The summed E-state index contributed by atoms with van der Waals surface area (Å²) in [5, 5.41) is 5.50. The largest absolute Gasteiger partial charge is 0.335 e. The fourth-order valence-electron chi connectivity index (χ4n) is 2.18. The van der Waals surface area contributed by atoms with Gasteiger partial charge < -0.3 is 16.4 Å². The third-order valence-corrected chi connectivity index (χ3v) is 3.19. The molecule has 5 heteroatoms. The van der Waals surface area contributed by atoms with Crippen molar-refractivity contribution < 1.29 is 9.18 Å². The van der Waals surface area contributed by atoms with Crippen LogP contribution in [-0.2, 0) is 0 Å². The number of nitrogens with one attached hydrogen (secondary N) is 2. The first-order valence-corrected chi connectivity index (χ1v) is 6.22. The standard InChI is InChI=1S/C13H18FN3O/c14-9-2-1-3-12(8-9)17-13(18)16-11-6-4-10(15)5-7-11/h1-3,8,10-11H,4-7,15H2,(H2,16,17,18). The maximum absolute atomic E-state index is 12.9. The molecule has 0 radical (unpaired) electrons. The third kappa shape index (κ3) is 3.70. The van der Waals surface area contributed by atoms with Crippen molar-refractivity contribution in [1.82, 2.24) is 5.32 Å². The summed E-state index contributed by atoms with van der Waals surface area (Å²) in [5.41, 5.74) is 6.26. The first kappa shape index (κ1) is 12.8. The Balaban J connectivity index is 1.82. The second kappa shape index (κ2) is 5.82. The lowest BCUT2D eigenvalue weighted by Crippen LogP contribution is -2.42. The van der Waals surface area contributed by atoms with Gasteiger partial charge in [-0.05, 0) is 43.9 Å². The molecule has 0 aromatic heterocycles. The van der Waals surface area contributed by atoms with Crippen molar-refractivity contribution in [2.75, 3.05) is 5.32 Å². The number of carbonyl (C=O) groups excluding carboxylic acids is 1. The van der Waals surface area contributed by atoms with Gasteiger partial charge >= 0.3 is 6.03 Å². The number of urea groups is 1. The fraction of sp³-hybridized carbons (Fsp3) is 0.462. The van der Waals surface area contributed by atoms with Gasteiger partial charge in [0, 0.05) is 17.8 Å². The van der Waals surface area contributed by atoms with E-state index in [4.69, 9.17) is 5.73 Å². The van der Waals surface area contributed by atoms with Gasteiger partial charge in [-0.25, -0.2) is 9.18 Å². The number of benzene rings is 1. The fourth-order valence-corrected chi connectivity index (χ4v) is 2.18. The number of anilines is 1. The molecule has 0 heterocycles. The Kier molecular flexibility index (Phi) is 4.15. The van der Waals surface area contributed by atoms with E-state index in [2.05, 4.69) is 10.6 Å². The predicted octanol–water partition coefficient (Wildman–Crippen LogP) is 2.22. The molecule has 2 rings (SSSR count). The predicted molar refractivity (Wildman–Crippen MR) is 68.8 cm³/mol. The molecule has 18 heavy (non-hydrogen) atoms. The number of nitrogens with two attached hydrogens (primary N) is 1. The molecule has 1 saturated carbocycles. The topological polar surface area (TPSA) is 67.1 Å². The van der Waals surface area contributed by atoms with Gasteiger partial charge in [-0.2, -0.15) is 0 Å². The number of hydrogen-bond donors (Lipinski definition) is 3. The van der Waals surface area contributed by atoms with Gasteiger partial charge in [0.05, 0.1) is 0 Å². The summed E-state index contributed by atoms with van der Waals surface area (Å²) in [6.07, 6.45) is 3.67. The summed E-state index contributed by atoms with van der Waals surface area (Å²) in [5.74, 6) is -0.364. The number of halogens is 1. The number of amides is 2. The van der Waals surface area contributed by atoms with Crippen LogP contribution in [-0.4, -0.2) is 18.1 Å². The van der Waals surface area contributed by atoms with Crippen molar-refractivity contribution in [3.63, 3.8) is 0 Å². The summed E-state index contributed by atoms with van der Waals surface area (Å²) in [4.78, 5) is 11.7. The van der Waals surface area contributed by atoms with Crippen LogP contribution in [0.25, 0.3) is 0 Å². The Morgan fingerprint density at radius 3 is 2.67 bits per heavy atom. The lowest BCUT2D eigenvalue weighted by Gasteiger charge is -2.26. The zero-order valence-electron chi connectivity index (χ0n) is 10.2. The van der Waals surface area contributed by atoms with E-state index in [0.717, 1.165) is 25.7 Å². The molecule has 98 valence electrons. The molecule has 1 aliphatic carbocycles. The van der Waals surface area contributed by atoms with Crippen molar-refractivity contribution in [2.45, 2.75) is 37.8 Å². The Labute approximate surface area is 106 Å². The summed E-state index contributed by atoms with van der Waals surface area (Å²) >= 11 is 0. The molecule has 0 spiro atoms. The van der Waals surface area contributed by atoms with Crippen LogP contribution in [0, 0.1) is 5.82 Å². The zero-order chi connectivity index (χ0) is 13.0.